The number of hydrogen-bond donors (Lipinski definition) is 0. The molecule has 0 spiro atoms. The van der Waals surface area contributed by atoms with E-state index < -0.39 is 8.80 Å². The molecule has 5 heteroatoms. The molecule has 0 atom stereocenters. The fraction of sp³-hybridized carbons (Fsp3) is 0.684. The maximum absolute atomic E-state index is 5.75. The maximum Gasteiger partial charge on any atom is 0.497 e. The Bertz CT molecular complexity index is 487. The van der Waals surface area contributed by atoms with E-state index in [1.807, 2.05) is 18.7 Å². The molecule has 1 rings (SSSR count). The number of hydrogen-bond acceptors (Lipinski definition) is 4. The predicted octanol–water partition coefficient (Wildman–Crippen LogP) is 4.66. The Morgan fingerprint density at radius 3 is 1.88 bits per heavy atom. The highest BCUT2D eigenvalue weighted by molar-refractivity contribution is 6.59. The summed E-state index contributed by atoms with van der Waals surface area (Å²) in [5.41, 5.74) is 1.78. The van der Waals surface area contributed by atoms with E-state index in [0.29, 0.717) is 18.6 Å². The summed E-state index contributed by atoms with van der Waals surface area (Å²) in [6.07, 6.45) is 1.13. The topological polar surface area (TPSA) is 36.9 Å². The summed E-state index contributed by atoms with van der Waals surface area (Å²) in [6, 6.07) is 8.38. The lowest BCUT2D eigenvalue weighted by Crippen LogP contribution is -2.41. The van der Waals surface area contributed by atoms with E-state index in [1.54, 1.807) is 14.2 Å². The summed E-state index contributed by atoms with van der Waals surface area (Å²) < 4.78 is 21.9. The van der Waals surface area contributed by atoms with Gasteiger partial charge < -0.3 is 18.0 Å². The highest BCUT2D eigenvalue weighted by Crippen LogP contribution is 2.36. The van der Waals surface area contributed by atoms with Gasteiger partial charge in [0.1, 0.15) is 12.4 Å². The van der Waals surface area contributed by atoms with Gasteiger partial charge in [0.2, 0.25) is 0 Å². The van der Waals surface area contributed by atoms with Gasteiger partial charge in [0, 0.05) is 20.8 Å². The van der Waals surface area contributed by atoms with Gasteiger partial charge in [-0.2, -0.15) is 0 Å². The predicted molar refractivity (Wildman–Crippen MR) is 101 cm³/mol. The second-order valence-corrected chi connectivity index (χ2v) is 10.9. The van der Waals surface area contributed by atoms with Crippen molar-refractivity contribution in [3.05, 3.63) is 29.8 Å². The van der Waals surface area contributed by atoms with Gasteiger partial charge in [-0.05, 0) is 34.9 Å². The SMILES string of the molecule is CO[Si](C)(OC)OCCOc1ccc(C(C)(C)CC(C)(C)C)cc1. The zero-order valence-electron chi connectivity index (χ0n) is 16.6. The molecule has 0 unspecified atom stereocenters. The zero-order chi connectivity index (χ0) is 18.4. The molecule has 0 fully saturated rings. The van der Waals surface area contributed by atoms with Crippen molar-refractivity contribution in [1.82, 2.24) is 0 Å². The van der Waals surface area contributed by atoms with Crippen molar-refractivity contribution in [3.8, 4) is 5.75 Å². The summed E-state index contributed by atoms with van der Waals surface area (Å²) in [5.74, 6) is 0.854. The van der Waals surface area contributed by atoms with Crippen LogP contribution in [-0.4, -0.2) is 36.2 Å². The van der Waals surface area contributed by atoms with Gasteiger partial charge in [0.25, 0.3) is 0 Å². The monoisotopic (exact) mass is 354 g/mol. The lowest BCUT2D eigenvalue weighted by Gasteiger charge is -2.33. The quantitative estimate of drug-likeness (QED) is 0.477. The van der Waals surface area contributed by atoms with E-state index in [4.69, 9.17) is 18.0 Å². The average Bonchev–Trinajstić information content (AvgIpc) is 2.49. The molecular weight excluding hydrogens is 320 g/mol. The molecule has 0 bridgehead atoms. The third-order valence-corrected chi connectivity index (χ3v) is 6.28. The van der Waals surface area contributed by atoms with Crippen LogP contribution in [-0.2, 0) is 18.7 Å². The van der Waals surface area contributed by atoms with Crippen molar-refractivity contribution in [2.75, 3.05) is 27.4 Å². The fourth-order valence-electron chi connectivity index (χ4n) is 3.02. The third kappa shape index (κ3) is 6.93. The second kappa shape index (κ2) is 8.47. The summed E-state index contributed by atoms with van der Waals surface area (Å²) >= 11 is 0. The highest BCUT2D eigenvalue weighted by Gasteiger charge is 2.31. The molecule has 0 amide bonds. The van der Waals surface area contributed by atoms with E-state index in [-0.39, 0.29) is 5.41 Å². The van der Waals surface area contributed by atoms with E-state index in [0.717, 1.165) is 12.2 Å². The zero-order valence-corrected chi connectivity index (χ0v) is 17.6. The molecule has 0 aliphatic heterocycles. The first-order valence-electron chi connectivity index (χ1n) is 8.49. The number of benzene rings is 1. The van der Waals surface area contributed by atoms with Crippen LogP contribution < -0.4 is 4.74 Å². The molecule has 0 heterocycles. The smallest absolute Gasteiger partial charge is 0.491 e. The van der Waals surface area contributed by atoms with Crippen LogP contribution in [0.5, 0.6) is 5.75 Å². The van der Waals surface area contributed by atoms with Gasteiger partial charge >= 0.3 is 8.80 Å². The van der Waals surface area contributed by atoms with Gasteiger partial charge in [0.05, 0.1) is 6.61 Å². The first-order valence-corrected chi connectivity index (χ1v) is 10.7. The highest BCUT2D eigenvalue weighted by atomic mass is 28.4. The Kier molecular flexibility index (Phi) is 7.47. The number of rotatable bonds is 9. The summed E-state index contributed by atoms with van der Waals surface area (Å²) in [7, 11) is 0.739. The standard InChI is InChI=1S/C19H34O4Si/c1-18(2,3)15-19(4,5)16-9-11-17(12-10-16)22-13-14-23-24(8,20-6)21-7/h9-12H,13-15H2,1-8H3. The van der Waals surface area contributed by atoms with Crippen LogP contribution in [0.2, 0.25) is 6.55 Å². The summed E-state index contributed by atoms with van der Waals surface area (Å²) in [4.78, 5) is 0. The third-order valence-electron chi connectivity index (χ3n) is 4.07. The van der Waals surface area contributed by atoms with E-state index >= 15 is 0 Å². The molecule has 0 aliphatic rings. The first kappa shape index (κ1) is 21.2. The lowest BCUT2D eigenvalue weighted by molar-refractivity contribution is 0.0893. The molecule has 0 aromatic heterocycles. The van der Waals surface area contributed by atoms with Gasteiger partial charge in [0.15, 0.2) is 0 Å². The van der Waals surface area contributed by atoms with Gasteiger partial charge in [-0.1, -0.05) is 46.8 Å². The van der Waals surface area contributed by atoms with Crippen molar-refractivity contribution in [2.24, 2.45) is 5.41 Å². The van der Waals surface area contributed by atoms with Crippen LogP contribution in [0, 0.1) is 5.41 Å². The Labute approximate surface area is 148 Å². The van der Waals surface area contributed by atoms with Crippen LogP contribution in [0.25, 0.3) is 0 Å². The Morgan fingerprint density at radius 2 is 1.42 bits per heavy atom. The second-order valence-electron chi connectivity index (χ2n) is 8.11. The Hall–Kier alpha value is -0.883. The Balaban J connectivity index is 2.53. The molecule has 0 N–H and O–H groups in total. The minimum atomic E-state index is -2.47. The average molecular weight is 355 g/mol. The van der Waals surface area contributed by atoms with Gasteiger partial charge in [-0.3, -0.25) is 0 Å². The van der Waals surface area contributed by atoms with Crippen molar-refractivity contribution in [3.63, 3.8) is 0 Å². The maximum atomic E-state index is 5.75. The summed E-state index contributed by atoms with van der Waals surface area (Å²) in [5, 5.41) is 0. The number of ether oxygens (including phenoxy) is 1. The normalized spacial score (nSPS) is 13.2. The fourth-order valence-corrected chi connectivity index (χ4v) is 3.87. The molecule has 24 heavy (non-hydrogen) atoms. The van der Waals surface area contributed by atoms with Crippen LogP contribution in [0.15, 0.2) is 24.3 Å². The largest absolute Gasteiger partial charge is 0.497 e. The lowest BCUT2D eigenvalue weighted by atomic mass is 9.72. The van der Waals surface area contributed by atoms with Crippen molar-refractivity contribution < 1.29 is 18.0 Å². The minimum absolute atomic E-state index is 0.143. The van der Waals surface area contributed by atoms with Crippen LogP contribution >= 0.6 is 0 Å². The molecule has 0 saturated carbocycles. The van der Waals surface area contributed by atoms with E-state index in [2.05, 4.69) is 46.8 Å². The summed E-state index contributed by atoms with van der Waals surface area (Å²) in [6.45, 7) is 14.2. The molecule has 1 aromatic carbocycles. The molecule has 1 aromatic rings. The minimum Gasteiger partial charge on any atom is -0.491 e. The molecule has 0 saturated heterocycles. The van der Waals surface area contributed by atoms with Crippen molar-refractivity contribution in [1.29, 1.82) is 0 Å². The van der Waals surface area contributed by atoms with Gasteiger partial charge in [-0.15, -0.1) is 0 Å². The van der Waals surface area contributed by atoms with Crippen LogP contribution in [0.1, 0.15) is 46.6 Å². The van der Waals surface area contributed by atoms with Crippen LogP contribution in [0.4, 0.5) is 0 Å². The van der Waals surface area contributed by atoms with Gasteiger partial charge in [-0.25, -0.2) is 0 Å². The molecule has 4 nitrogen and oxygen atoms in total. The first-order chi connectivity index (χ1) is 11.0. The molecule has 138 valence electrons. The Morgan fingerprint density at radius 1 is 0.875 bits per heavy atom. The molecular formula is C19H34O4Si. The van der Waals surface area contributed by atoms with E-state index in [9.17, 15) is 0 Å². The molecule has 0 radical (unpaired) electrons. The molecule has 0 aliphatic carbocycles. The van der Waals surface area contributed by atoms with Crippen LogP contribution in [0.3, 0.4) is 0 Å². The van der Waals surface area contributed by atoms with E-state index in [1.165, 1.54) is 5.56 Å². The van der Waals surface area contributed by atoms with Crippen molar-refractivity contribution >= 4 is 8.80 Å². The van der Waals surface area contributed by atoms with Crippen molar-refractivity contribution in [2.45, 2.75) is 53.0 Å².